The van der Waals surface area contributed by atoms with Gasteiger partial charge in [0, 0.05) is 22.8 Å². The largest absolute Gasteiger partial charge is 0.494 e. The molecule has 3 rings (SSSR count). The van der Waals surface area contributed by atoms with Gasteiger partial charge in [-0.1, -0.05) is 29.3 Å². The lowest BCUT2D eigenvalue weighted by atomic mass is 10.1. The number of aryl methyl sites for hydroxylation is 3. The van der Waals surface area contributed by atoms with Gasteiger partial charge in [-0.15, -0.1) is 0 Å². The number of carbonyl (C=O) groups excluding carboxylic acids is 1. The van der Waals surface area contributed by atoms with Crippen LogP contribution in [0.4, 0.5) is 5.69 Å². The molecule has 194 valence electrons. The van der Waals surface area contributed by atoms with Gasteiger partial charge in [0.15, 0.2) is 0 Å². The van der Waals surface area contributed by atoms with E-state index in [1.54, 1.807) is 49.6 Å². The lowest BCUT2D eigenvalue weighted by Crippen LogP contribution is -2.15. The zero-order valence-corrected chi connectivity index (χ0v) is 23.1. The maximum absolute atomic E-state index is 13.1. The normalized spacial score (nSPS) is 11.4. The maximum atomic E-state index is 13.1. The smallest absolute Gasteiger partial charge is 0.355 e. The van der Waals surface area contributed by atoms with Crippen molar-refractivity contribution in [1.29, 1.82) is 0 Å². The lowest BCUT2D eigenvalue weighted by molar-refractivity contribution is 0.0512. The first kappa shape index (κ1) is 27.6. The minimum Gasteiger partial charge on any atom is -0.494 e. The molecule has 1 aromatic heterocycles. The van der Waals surface area contributed by atoms with Crippen LogP contribution in [-0.2, 0) is 21.3 Å². The summed E-state index contributed by atoms with van der Waals surface area (Å²) in [5.74, 6) is 0.232. The number of sulfonamides is 1. The molecule has 1 N–H and O–H groups in total. The Morgan fingerprint density at radius 2 is 1.64 bits per heavy atom. The molecule has 0 aliphatic carbocycles. The van der Waals surface area contributed by atoms with Crippen molar-refractivity contribution in [1.82, 2.24) is 4.57 Å². The fourth-order valence-electron chi connectivity index (χ4n) is 4.10. The Morgan fingerprint density at radius 3 is 2.22 bits per heavy atom. The maximum Gasteiger partial charge on any atom is 0.355 e. The average molecular weight is 533 g/mol. The Bertz CT molecular complexity index is 1340. The molecule has 36 heavy (non-hydrogen) atoms. The summed E-state index contributed by atoms with van der Waals surface area (Å²) in [4.78, 5) is 13.0. The van der Waals surface area contributed by atoms with Crippen LogP contribution < -0.4 is 9.46 Å². The van der Waals surface area contributed by atoms with E-state index in [1.165, 1.54) is 0 Å². The number of anilines is 1. The molecule has 3 aromatic rings. The topological polar surface area (TPSA) is 86.6 Å². The highest BCUT2D eigenvalue weighted by Crippen LogP contribution is 2.31. The molecule has 7 nitrogen and oxygen atoms in total. The molecule has 1 heterocycles. The van der Waals surface area contributed by atoms with Crippen LogP contribution in [-0.4, -0.2) is 32.2 Å². The van der Waals surface area contributed by atoms with Crippen LogP contribution in [0.2, 0.25) is 5.02 Å². The Morgan fingerprint density at radius 1 is 1.03 bits per heavy atom. The first-order valence-electron chi connectivity index (χ1n) is 11.8. The van der Waals surface area contributed by atoms with Crippen LogP contribution in [0.1, 0.15) is 51.8 Å². The SMILES string of the molecule is CCOC(=O)c1c(C)c(NS(=O)(=O)c2ccc(C)cc2)c(C)n1CCCOc1cc(C)c(Cl)c(C)c1. The molecule has 0 spiro atoms. The van der Waals surface area contributed by atoms with Crippen LogP contribution in [0.5, 0.6) is 5.75 Å². The summed E-state index contributed by atoms with van der Waals surface area (Å²) in [7, 11) is -3.84. The van der Waals surface area contributed by atoms with Crippen LogP contribution in [0, 0.1) is 34.6 Å². The van der Waals surface area contributed by atoms with Crippen molar-refractivity contribution in [2.24, 2.45) is 0 Å². The van der Waals surface area contributed by atoms with E-state index in [0.717, 1.165) is 27.5 Å². The molecule has 0 aliphatic heterocycles. The van der Waals surface area contributed by atoms with E-state index in [2.05, 4.69) is 4.72 Å². The van der Waals surface area contributed by atoms with E-state index in [0.29, 0.717) is 42.2 Å². The highest BCUT2D eigenvalue weighted by molar-refractivity contribution is 7.92. The summed E-state index contributed by atoms with van der Waals surface area (Å²) >= 11 is 6.24. The lowest BCUT2D eigenvalue weighted by Gasteiger charge is -2.13. The van der Waals surface area contributed by atoms with Crippen molar-refractivity contribution >= 4 is 33.3 Å². The fourth-order valence-corrected chi connectivity index (χ4v) is 5.39. The molecule has 0 saturated carbocycles. The number of nitrogens with zero attached hydrogens (tertiary/aromatic N) is 1. The molecule has 0 aliphatic rings. The number of ether oxygens (including phenoxy) is 2. The zero-order chi connectivity index (χ0) is 26.6. The second kappa shape index (κ2) is 11.4. The van der Waals surface area contributed by atoms with E-state index in [4.69, 9.17) is 21.1 Å². The van der Waals surface area contributed by atoms with Crippen molar-refractivity contribution in [2.75, 3.05) is 17.9 Å². The van der Waals surface area contributed by atoms with E-state index in [9.17, 15) is 13.2 Å². The van der Waals surface area contributed by atoms with Gasteiger partial charge in [-0.2, -0.15) is 0 Å². The summed E-state index contributed by atoms with van der Waals surface area (Å²) in [6.07, 6.45) is 0.590. The molecule has 0 amide bonds. The number of rotatable bonds is 10. The number of esters is 1. The molecular weight excluding hydrogens is 500 g/mol. The predicted molar refractivity (Wildman–Crippen MR) is 143 cm³/mol. The zero-order valence-electron chi connectivity index (χ0n) is 21.6. The molecule has 0 unspecified atom stereocenters. The molecular formula is C27H33ClN2O5S. The van der Waals surface area contributed by atoms with Gasteiger partial charge in [-0.25, -0.2) is 13.2 Å². The highest BCUT2D eigenvalue weighted by atomic mass is 35.5. The van der Waals surface area contributed by atoms with Gasteiger partial charge in [0.25, 0.3) is 10.0 Å². The quantitative estimate of drug-likeness (QED) is 0.251. The van der Waals surface area contributed by atoms with Gasteiger partial charge < -0.3 is 14.0 Å². The predicted octanol–water partition coefficient (Wildman–Crippen LogP) is 6.13. The van der Waals surface area contributed by atoms with Crippen molar-refractivity contribution in [3.05, 3.63) is 75.1 Å². The van der Waals surface area contributed by atoms with Gasteiger partial charge in [0.2, 0.25) is 0 Å². The Labute approximate surface area is 218 Å². The van der Waals surface area contributed by atoms with Crippen molar-refractivity contribution in [3.8, 4) is 5.75 Å². The number of aromatic nitrogens is 1. The third-order valence-electron chi connectivity index (χ3n) is 6.01. The minimum absolute atomic E-state index is 0.152. The number of halogens is 1. The summed E-state index contributed by atoms with van der Waals surface area (Å²) in [6.45, 7) is 12.1. The fraction of sp³-hybridized carbons (Fsp3) is 0.370. The number of hydrogen-bond donors (Lipinski definition) is 1. The summed E-state index contributed by atoms with van der Waals surface area (Å²) < 4.78 is 41.8. The second-order valence-corrected chi connectivity index (χ2v) is 10.9. The molecule has 0 radical (unpaired) electrons. The van der Waals surface area contributed by atoms with Gasteiger partial charge in [0.05, 0.1) is 23.8 Å². The molecule has 2 aromatic carbocycles. The third-order valence-corrected chi connectivity index (χ3v) is 7.97. The van der Waals surface area contributed by atoms with E-state index in [1.807, 2.05) is 32.9 Å². The first-order chi connectivity index (χ1) is 17.0. The minimum atomic E-state index is -3.84. The molecule has 0 bridgehead atoms. The Kier molecular flexibility index (Phi) is 8.74. The Hall–Kier alpha value is -2.97. The van der Waals surface area contributed by atoms with Crippen molar-refractivity contribution < 1.29 is 22.7 Å². The van der Waals surface area contributed by atoms with Crippen LogP contribution in [0.15, 0.2) is 41.3 Å². The second-order valence-electron chi connectivity index (χ2n) is 8.80. The number of nitrogens with one attached hydrogen (secondary N) is 1. The van der Waals surface area contributed by atoms with Crippen LogP contribution in [0.3, 0.4) is 0 Å². The highest BCUT2D eigenvalue weighted by Gasteiger charge is 2.26. The monoisotopic (exact) mass is 532 g/mol. The van der Waals surface area contributed by atoms with Crippen LogP contribution >= 0.6 is 11.6 Å². The standard InChI is InChI=1S/C27H33ClN2O5S/c1-7-34-27(31)26-20(5)25(29-36(32,33)23-11-9-17(2)10-12-23)21(6)30(26)13-8-14-35-22-15-18(3)24(28)19(4)16-22/h9-12,15-16,29H,7-8,13-14H2,1-6H3. The first-order valence-corrected chi connectivity index (χ1v) is 13.7. The molecule has 0 fully saturated rings. The summed E-state index contributed by atoms with van der Waals surface area (Å²) in [5, 5.41) is 0.723. The van der Waals surface area contributed by atoms with Gasteiger partial charge in [0.1, 0.15) is 11.4 Å². The van der Waals surface area contributed by atoms with Gasteiger partial charge in [-0.05, 0) is 83.4 Å². The van der Waals surface area contributed by atoms with E-state index < -0.39 is 16.0 Å². The average Bonchev–Trinajstić information content (AvgIpc) is 3.04. The van der Waals surface area contributed by atoms with E-state index in [-0.39, 0.29) is 11.5 Å². The molecule has 0 saturated heterocycles. The van der Waals surface area contributed by atoms with Crippen LogP contribution in [0.25, 0.3) is 0 Å². The number of benzene rings is 2. The van der Waals surface area contributed by atoms with E-state index >= 15 is 0 Å². The van der Waals surface area contributed by atoms with Crippen molar-refractivity contribution in [3.63, 3.8) is 0 Å². The Balaban J connectivity index is 1.84. The number of carbonyl (C=O) groups is 1. The number of hydrogen-bond acceptors (Lipinski definition) is 5. The summed E-state index contributed by atoms with van der Waals surface area (Å²) in [6, 6.07) is 10.4. The van der Waals surface area contributed by atoms with Gasteiger partial charge >= 0.3 is 5.97 Å². The van der Waals surface area contributed by atoms with Crippen molar-refractivity contribution in [2.45, 2.75) is 59.4 Å². The molecule has 9 heteroatoms. The summed E-state index contributed by atoms with van der Waals surface area (Å²) in [5.41, 5.74) is 4.70. The molecule has 0 atom stereocenters. The third kappa shape index (κ3) is 6.05. The van der Waals surface area contributed by atoms with Gasteiger partial charge in [-0.3, -0.25) is 4.72 Å².